The van der Waals surface area contributed by atoms with E-state index in [1.165, 1.54) is 6.08 Å². The molecule has 2 aromatic carbocycles. The van der Waals surface area contributed by atoms with E-state index >= 15 is 0 Å². The monoisotopic (exact) mass is 416 g/mol. The van der Waals surface area contributed by atoms with Gasteiger partial charge in [0.15, 0.2) is 19.4 Å². The minimum Gasteiger partial charge on any atom is -0.467 e. The molecule has 2 rings (SSSR count). The van der Waals surface area contributed by atoms with Crippen LogP contribution in [0.4, 0.5) is 0 Å². The highest BCUT2D eigenvalue weighted by Gasteiger charge is 2.12. The summed E-state index contributed by atoms with van der Waals surface area (Å²) in [6.45, 7) is 1.80. The lowest BCUT2D eigenvalue weighted by Crippen LogP contribution is -2.11. The molecule has 0 aliphatic carbocycles. The maximum absolute atomic E-state index is 12.7. The topological polar surface area (TPSA) is 72.5 Å². The highest BCUT2D eigenvalue weighted by atomic mass is 16.7. The number of carbonyl (C=O) groups is 1. The van der Waals surface area contributed by atoms with Crippen LogP contribution in [-0.4, -0.2) is 60.0 Å². The number of methoxy groups -OCH3 is 2. The molecule has 0 aromatic heterocycles. The van der Waals surface area contributed by atoms with Crippen LogP contribution in [0.2, 0.25) is 0 Å². The van der Waals surface area contributed by atoms with Crippen LogP contribution in [-0.2, 0) is 18.9 Å². The number of ether oxygens (including phenoxy) is 6. The first-order chi connectivity index (χ1) is 14.7. The van der Waals surface area contributed by atoms with E-state index in [0.29, 0.717) is 43.5 Å². The minimum atomic E-state index is -0.186. The molecule has 7 nitrogen and oxygen atoms in total. The number of carbonyl (C=O) groups excluding carboxylic acids is 1. The first kappa shape index (κ1) is 23.6. The SMILES string of the molecule is COCCOCOc1ccc(C(=O)/C=C/c2ccccc2)c(OCOCCOC)c1. The predicted octanol–water partition coefficient (Wildman–Crippen LogP) is 3.58. The maximum atomic E-state index is 12.7. The van der Waals surface area contributed by atoms with Gasteiger partial charge in [-0.15, -0.1) is 0 Å². The lowest BCUT2D eigenvalue weighted by atomic mass is 10.1. The van der Waals surface area contributed by atoms with E-state index in [-0.39, 0.29) is 19.4 Å². The fourth-order valence-corrected chi connectivity index (χ4v) is 2.36. The number of hydrogen-bond donors (Lipinski definition) is 0. The standard InChI is InChI=1S/C23H28O7/c1-25-12-14-27-17-29-20-9-10-21(23(16-20)30-18-28-15-13-26-2)22(24)11-8-19-6-4-3-5-7-19/h3-11,16H,12-15,17-18H2,1-2H3/b11-8+. The molecule has 0 heterocycles. The molecule has 0 bridgehead atoms. The van der Waals surface area contributed by atoms with Crippen molar-refractivity contribution in [3.8, 4) is 11.5 Å². The summed E-state index contributed by atoms with van der Waals surface area (Å²) in [6, 6.07) is 14.6. The first-order valence-corrected chi connectivity index (χ1v) is 9.55. The van der Waals surface area contributed by atoms with Crippen LogP contribution in [0.3, 0.4) is 0 Å². The second kappa shape index (κ2) is 14.3. The molecule has 0 saturated carbocycles. The number of allylic oxidation sites excluding steroid dienone is 1. The van der Waals surface area contributed by atoms with E-state index < -0.39 is 0 Å². The molecule has 0 unspecified atom stereocenters. The quantitative estimate of drug-likeness (QED) is 0.190. The summed E-state index contributed by atoms with van der Waals surface area (Å²) in [6.07, 6.45) is 3.27. The fraction of sp³-hybridized carbons (Fsp3) is 0.348. The second-order valence-electron chi connectivity index (χ2n) is 6.09. The van der Waals surface area contributed by atoms with E-state index in [2.05, 4.69) is 0 Å². The molecule has 0 amide bonds. The molecule has 2 aromatic rings. The molecule has 0 fully saturated rings. The molecule has 162 valence electrons. The van der Waals surface area contributed by atoms with E-state index in [9.17, 15) is 4.79 Å². The highest BCUT2D eigenvalue weighted by molar-refractivity contribution is 6.08. The third-order valence-corrected chi connectivity index (χ3v) is 3.92. The molecule has 30 heavy (non-hydrogen) atoms. The molecule has 0 saturated heterocycles. The Labute approximate surface area is 177 Å². The van der Waals surface area contributed by atoms with Crippen LogP contribution in [0.15, 0.2) is 54.6 Å². The zero-order valence-corrected chi connectivity index (χ0v) is 17.4. The van der Waals surface area contributed by atoms with Crippen LogP contribution in [0.5, 0.6) is 11.5 Å². The fourth-order valence-electron chi connectivity index (χ4n) is 2.36. The van der Waals surface area contributed by atoms with E-state index in [1.54, 1.807) is 38.5 Å². The van der Waals surface area contributed by atoms with Gasteiger partial charge in [0, 0.05) is 20.3 Å². The van der Waals surface area contributed by atoms with Gasteiger partial charge in [-0.1, -0.05) is 36.4 Å². The molecular weight excluding hydrogens is 388 g/mol. The third kappa shape index (κ3) is 8.75. The van der Waals surface area contributed by atoms with E-state index in [1.807, 2.05) is 30.3 Å². The number of ketones is 1. The van der Waals surface area contributed by atoms with Crippen molar-refractivity contribution >= 4 is 11.9 Å². The van der Waals surface area contributed by atoms with E-state index in [0.717, 1.165) is 5.56 Å². The molecular formula is C23H28O7. The van der Waals surface area contributed by atoms with Gasteiger partial charge in [-0.05, 0) is 23.8 Å². The van der Waals surface area contributed by atoms with Crippen molar-refractivity contribution in [2.75, 3.05) is 54.2 Å². The molecule has 0 atom stereocenters. The van der Waals surface area contributed by atoms with Crippen molar-refractivity contribution in [3.05, 3.63) is 65.7 Å². The van der Waals surface area contributed by atoms with Crippen LogP contribution in [0, 0.1) is 0 Å². The number of rotatable bonds is 15. The summed E-state index contributed by atoms with van der Waals surface area (Å²) < 4.78 is 31.7. The van der Waals surface area contributed by atoms with E-state index in [4.69, 9.17) is 28.4 Å². The molecule has 0 spiro atoms. The lowest BCUT2D eigenvalue weighted by molar-refractivity contribution is -0.0118. The number of benzene rings is 2. The predicted molar refractivity (Wildman–Crippen MR) is 113 cm³/mol. The van der Waals surface area contributed by atoms with Gasteiger partial charge in [0.2, 0.25) is 0 Å². The third-order valence-electron chi connectivity index (χ3n) is 3.92. The molecule has 0 aliphatic rings. The zero-order valence-electron chi connectivity index (χ0n) is 17.4. The normalized spacial score (nSPS) is 11.0. The molecule has 0 radical (unpaired) electrons. The summed E-state index contributed by atoms with van der Waals surface area (Å²) in [5.41, 5.74) is 1.34. The Morgan fingerprint density at radius 1 is 0.833 bits per heavy atom. The molecule has 7 heteroatoms. The van der Waals surface area contributed by atoms with Gasteiger partial charge in [0.05, 0.1) is 32.0 Å². The second-order valence-corrected chi connectivity index (χ2v) is 6.09. The largest absolute Gasteiger partial charge is 0.467 e. The van der Waals surface area contributed by atoms with Gasteiger partial charge in [-0.3, -0.25) is 4.79 Å². The molecule has 0 aliphatic heterocycles. The van der Waals surface area contributed by atoms with Crippen molar-refractivity contribution in [3.63, 3.8) is 0 Å². The Bertz CT molecular complexity index is 774. The van der Waals surface area contributed by atoms with Gasteiger partial charge in [0.25, 0.3) is 0 Å². The van der Waals surface area contributed by atoms with Crippen molar-refractivity contribution in [2.24, 2.45) is 0 Å². The summed E-state index contributed by atoms with van der Waals surface area (Å²) >= 11 is 0. The Balaban J connectivity index is 2.05. The Morgan fingerprint density at radius 3 is 2.17 bits per heavy atom. The van der Waals surface area contributed by atoms with Gasteiger partial charge in [0.1, 0.15) is 11.5 Å². The van der Waals surface area contributed by atoms with Crippen LogP contribution < -0.4 is 9.47 Å². The minimum absolute atomic E-state index is 0.0141. The Kier molecular flexibility index (Phi) is 11.2. The summed E-state index contributed by atoms with van der Waals surface area (Å²) in [5.74, 6) is 0.695. The van der Waals surface area contributed by atoms with Crippen molar-refractivity contribution < 1.29 is 33.2 Å². The lowest BCUT2D eigenvalue weighted by Gasteiger charge is -2.13. The van der Waals surface area contributed by atoms with Gasteiger partial charge in [-0.2, -0.15) is 0 Å². The van der Waals surface area contributed by atoms with Crippen LogP contribution in [0.1, 0.15) is 15.9 Å². The summed E-state index contributed by atoms with van der Waals surface area (Å²) in [7, 11) is 3.19. The highest BCUT2D eigenvalue weighted by Crippen LogP contribution is 2.26. The Hall–Kier alpha value is -2.71. The Morgan fingerprint density at radius 2 is 1.50 bits per heavy atom. The van der Waals surface area contributed by atoms with Crippen molar-refractivity contribution in [1.82, 2.24) is 0 Å². The molecule has 0 N–H and O–H groups in total. The van der Waals surface area contributed by atoms with Gasteiger partial charge in [-0.25, -0.2) is 0 Å². The maximum Gasteiger partial charge on any atom is 0.189 e. The van der Waals surface area contributed by atoms with Crippen molar-refractivity contribution in [2.45, 2.75) is 0 Å². The smallest absolute Gasteiger partial charge is 0.189 e. The van der Waals surface area contributed by atoms with Crippen LogP contribution >= 0.6 is 0 Å². The van der Waals surface area contributed by atoms with Crippen molar-refractivity contribution in [1.29, 1.82) is 0 Å². The average molecular weight is 416 g/mol. The summed E-state index contributed by atoms with van der Waals surface area (Å²) in [4.78, 5) is 12.7. The zero-order chi connectivity index (χ0) is 21.4. The number of hydrogen-bond acceptors (Lipinski definition) is 7. The van der Waals surface area contributed by atoms with Crippen LogP contribution in [0.25, 0.3) is 6.08 Å². The summed E-state index contributed by atoms with van der Waals surface area (Å²) in [5, 5.41) is 0. The average Bonchev–Trinajstić information content (AvgIpc) is 2.78. The van der Waals surface area contributed by atoms with Gasteiger partial charge < -0.3 is 28.4 Å². The first-order valence-electron chi connectivity index (χ1n) is 9.55. The van der Waals surface area contributed by atoms with Gasteiger partial charge >= 0.3 is 0 Å².